The van der Waals surface area contributed by atoms with E-state index >= 15 is 0 Å². The molecular formula is C29H28FNO2. The molecule has 0 atom stereocenters. The summed E-state index contributed by atoms with van der Waals surface area (Å²) in [5, 5.41) is 0.743. The van der Waals surface area contributed by atoms with Crippen LogP contribution < -0.4 is 4.74 Å². The fraction of sp³-hybridized carbons (Fsp3) is 0.241. The second kappa shape index (κ2) is 8.78. The molecule has 0 radical (unpaired) electrons. The zero-order valence-corrected chi connectivity index (χ0v) is 19.7. The van der Waals surface area contributed by atoms with E-state index in [9.17, 15) is 9.18 Å². The molecule has 4 rings (SSSR count). The monoisotopic (exact) mass is 441 g/mol. The Morgan fingerprint density at radius 3 is 2.27 bits per heavy atom. The summed E-state index contributed by atoms with van der Waals surface area (Å²) in [6, 6.07) is 19.5. The maximum Gasteiger partial charge on any atom is 0.344 e. The SMILES string of the molecule is CCC(C)(C)c1ccc(OC(=O)c2cc(-c3ccc(F)cc3)nc3c(C)cc(C)cc23)cc1. The van der Waals surface area contributed by atoms with Crippen molar-refractivity contribution in [2.45, 2.75) is 46.5 Å². The van der Waals surface area contributed by atoms with Gasteiger partial charge in [0, 0.05) is 10.9 Å². The van der Waals surface area contributed by atoms with Gasteiger partial charge in [0.15, 0.2) is 0 Å². The van der Waals surface area contributed by atoms with Gasteiger partial charge in [0.05, 0.1) is 16.8 Å². The van der Waals surface area contributed by atoms with Gasteiger partial charge in [-0.1, -0.05) is 44.5 Å². The van der Waals surface area contributed by atoms with E-state index in [1.165, 1.54) is 17.7 Å². The zero-order valence-electron chi connectivity index (χ0n) is 19.7. The number of carbonyl (C=O) groups is 1. The number of nitrogens with zero attached hydrogens (tertiary/aromatic N) is 1. The highest BCUT2D eigenvalue weighted by molar-refractivity contribution is 6.06. The van der Waals surface area contributed by atoms with Crippen LogP contribution in [0.2, 0.25) is 0 Å². The summed E-state index contributed by atoms with van der Waals surface area (Å²) >= 11 is 0. The molecule has 1 heterocycles. The van der Waals surface area contributed by atoms with Crippen LogP contribution in [0.15, 0.2) is 66.7 Å². The van der Waals surface area contributed by atoms with Crippen molar-refractivity contribution in [3.05, 3.63) is 94.8 Å². The summed E-state index contributed by atoms with van der Waals surface area (Å²) in [7, 11) is 0. The molecule has 0 saturated carbocycles. The fourth-order valence-corrected chi connectivity index (χ4v) is 3.96. The van der Waals surface area contributed by atoms with Crippen LogP contribution in [0.25, 0.3) is 22.2 Å². The first-order valence-corrected chi connectivity index (χ1v) is 11.2. The molecule has 168 valence electrons. The minimum Gasteiger partial charge on any atom is -0.423 e. The fourth-order valence-electron chi connectivity index (χ4n) is 3.96. The van der Waals surface area contributed by atoms with Crippen molar-refractivity contribution in [1.82, 2.24) is 4.98 Å². The molecule has 3 nitrogen and oxygen atoms in total. The highest BCUT2D eigenvalue weighted by atomic mass is 19.1. The third-order valence-electron chi connectivity index (χ3n) is 6.34. The Kier molecular flexibility index (Phi) is 6.03. The number of benzene rings is 3. The second-order valence-corrected chi connectivity index (χ2v) is 9.19. The van der Waals surface area contributed by atoms with Crippen LogP contribution in [0.1, 0.15) is 54.2 Å². The first-order chi connectivity index (χ1) is 15.7. The van der Waals surface area contributed by atoms with Gasteiger partial charge >= 0.3 is 5.97 Å². The highest BCUT2D eigenvalue weighted by Crippen LogP contribution is 2.31. The Balaban J connectivity index is 1.76. The van der Waals surface area contributed by atoms with E-state index < -0.39 is 5.97 Å². The summed E-state index contributed by atoms with van der Waals surface area (Å²) in [5.41, 5.74) is 5.76. The Morgan fingerprint density at radius 2 is 1.64 bits per heavy atom. The molecule has 0 spiro atoms. The minimum absolute atomic E-state index is 0.0585. The number of hydrogen-bond donors (Lipinski definition) is 0. The molecule has 0 fully saturated rings. The number of carbonyl (C=O) groups excluding carboxylic acids is 1. The minimum atomic E-state index is -0.446. The van der Waals surface area contributed by atoms with Crippen LogP contribution in [0.5, 0.6) is 5.75 Å². The van der Waals surface area contributed by atoms with Crippen molar-refractivity contribution in [2.24, 2.45) is 0 Å². The van der Waals surface area contributed by atoms with Gasteiger partial charge in [-0.3, -0.25) is 0 Å². The maximum absolute atomic E-state index is 13.4. The quantitative estimate of drug-likeness (QED) is 0.237. The number of fused-ring (bicyclic) bond motifs is 1. The first kappa shape index (κ1) is 22.7. The molecule has 0 amide bonds. The average molecular weight is 442 g/mol. The molecule has 4 aromatic rings. The van der Waals surface area contributed by atoms with Gasteiger partial charge in [0.1, 0.15) is 11.6 Å². The number of pyridine rings is 1. The average Bonchev–Trinajstić information content (AvgIpc) is 2.79. The number of esters is 1. The topological polar surface area (TPSA) is 39.2 Å². The summed E-state index contributed by atoms with van der Waals surface area (Å²) in [6.07, 6.45) is 1.01. The molecule has 0 aliphatic rings. The predicted octanol–water partition coefficient (Wildman–Crippen LogP) is 7.56. The Hall–Kier alpha value is -3.53. The maximum atomic E-state index is 13.4. The van der Waals surface area contributed by atoms with E-state index in [2.05, 4.69) is 20.8 Å². The third-order valence-corrected chi connectivity index (χ3v) is 6.34. The highest BCUT2D eigenvalue weighted by Gasteiger charge is 2.20. The third kappa shape index (κ3) is 4.65. The van der Waals surface area contributed by atoms with E-state index in [-0.39, 0.29) is 11.2 Å². The van der Waals surface area contributed by atoms with Crippen molar-refractivity contribution in [2.75, 3.05) is 0 Å². The van der Waals surface area contributed by atoms with Gasteiger partial charge in [-0.05, 0) is 85.3 Å². The molecule has 0 bridgehead atoms. The van der Waals surface area contributed by atoms with Crippen molar-refractivity contribution < 1.29 is 13.9 Å². The molecule has 33 heavy (non-hydrogen) atoms. The zero-order chi connectivity index (χ0) is 23.8. The van der Waals surface area contributed by atoms with E-state index in [4.69, 9.17) is 9.72 Å². The van der Waals surface area contributed by atoms with Gasteiger partial charge in [-0.15, -0.1) is 0 Å². The van der Waals surface area contributed by atoms with E-state index in [1.54, 1.807) is 18.2 Å². The first-order valence-electron chi connectivity index (χ1n) is 11.2. The Bertz CT molecular complexity index is 1320. The van der Waals surface area contributed by atoms with E-state index in [0.29, 0.717) is 17.0 Å². The lowest BCUT2D eigenvalue weighted by atomic mass is 9.82. The molecule has 0 aliphatic carbocycles. The van der Waals surface area contributed by atoms with E-state index in [1.807, 2.05) is 50.2 Å². The van der Waals surface area contributed by atoms with Crippen LogP contribution in [0.3, 0.4) is 0 Å². The molecule has 0 aliphatic heterocycles. The van der Waals surface area contributed by atoms with Crippen LogP contribution in [0.4, 0.5) is 4.39 Å². The number of ether oxygens (including phenoxy) is 1. The van der Waals surface area contributed by atoms with Crippen LogP contribution in [0, 0.1) is 19.7 Å². The van der Waals surface area contributed by atoms with Gasteiger partial charge in [-0.2, -0.15) is 0 Å². The van der Waals surface area contributed by atoms with Crippen molar-refractivity contribution in [1.29, 1.82) is 0 Å². The van der Waals surface area contributed by atoms with Gasteiger partial charge in [-0.25, -0.2) is 14.2 Å². The molecule has 1 aromatic heterocycles. The second-order valence-electron chi connectivity index (χ2n) is 9.19. The molecule has 3 aromatic carbocycles. The van der Waals surface area contributed by atoms with Gasteiger partial charge < -0.3 is 4.74 Å². The van der Waals surface area contributed by atoms with Crippen LogP contribution in [-0.2, 0) is 5.41 Å². The number of halogens is 1. The number of aryl methyl sites for hydroxylation is 2. The lowest BCUT2D eigenvalue weighted by Gasteiger charge is -2.23. The summed E-state index contributed by atoms with van der Waals surface area (Å²) in [4.78, 5) is 18.1. The van der Waals surface area contributed by atoms with Gasteiger partial charge in [0.2, 0.25) is 0 Å². The predicted molar refractivity (Wildman–Crippen MR) is 131 cm³/mol. The number of hydrogen-bond acceptors (Lipinski definition) is 3. The summed E-state index contributed by atoms with van der Waals surface area (Å²) in [6.45, 7) is 10.5. The standard InChI is InChI=1S/C29H28FNO2/c1-6-29(4,5)21-9-13-23(14-10-21)33-28(32)25-17-26(20-7-11-22(30)12-8-20)31-27-19(3)15-18(2)16-24(25)27/h7-17H,6H2,1-5H3. The molecular weight excluding hydrogens is 413 g/mol. The van der Waals surface area contributed by atoms with Crippen molar-refractivity contribution >= 4 is 16.9 Å². The summed E-state index contributed by atoms with van der Waals surface area (Å²) in [5.74, 6) is -0.271. The number of rotatable bonds is 5. The Labute approximate surface area is 194 Å². The van der Waals surface area contributed by atoms with Crippen LogP contribution in [-0.4, -0.2) is 11.0 Å². The smallest absolute Gasteiger partial charge is 0.344 e. The molecule has 0 N–H and O–H groups in total. The largest absolute Gasteiger partial charge is 0.423 e. The van der Waals surface area contributed by atoms with Gasteiger partial charge in [0.25, 0.3) is 0 Å². The summed E-state index contributed by atoms with van der Waals surface area (Å²) < 4.78 is 19.2. The normalized spacial score (nSPS) is 11.6. The van der Waals surface area contributed by atoms with Crippen molar-refractivity contribution in [3.63, 3.8) is 0 Å². The number of aromatic nitrogens is 1. The van der Waals surface area contributed by atoms with E-state index in [0.717, 1.165) is 34.0 Å². The molecule has 0 saturated heterocycles. The lowest BCUT2D eigenvalue weighted by Crippen LogP contribution is -2.15. The van der Waals surface area contributed by atoms with Crippen molar-refractivity contribution in [3.8, 4) is 17.0 Å². The molecule has 4 heteroatoms. The lowest BCUT2D eigenvalue weighted by molar-refractivity contribution is 0.0736. The Morgan fingerprint density at radius 1 is 0.970 bits per heavy atom. The van der Waals surface area contributed by atoms with Crippen LogP contribution >= 0.6 is 0 Å². The molecule has 0 unspecified atom stereocenters.